The van der Waals surface area contributed by atoms with Gasteiger partial charge in [-0.05, 0) is 51.7 Å². The van der Waals surface area contributed by atoms with Crippen molar-refractivity contribution in [3.05, 3.63) is 40.8 Å². The molecule has 0 bridgehead atoms. The van der Waals surface area contributed by atoms with Crippen LogP contribution in [-0.4, -0.2) is 30.3 Å². The van der Waals surface area contributed by atoms with Gasteiger partial charge in [0.1, 0.15) is 11.6 Å². The molecule has 0 aliphatic rings. The summed E-state index contributed by atoms with van der Waals surface area (Å²) in [5, 5.41) is 9.79. The van der Waals surface area contributed by atoms with Gasteiger partial charge in [-0.3, -0.25) is 0 Å². The lowest BCUT2D eigenvalue weighted by molar-refractivity contribution is 0.0477. The van der Waals surface area contributed by atoms with Crippen LogP contribution in [0.15, 0.2) is 27.8 Å². The largest absolute Gasteiger partial charge is 0.444 e. The fourth-order valence-electron chi connectivity index (χ4n) is 2.64. The van der Waals surface area contributed by atoms with Gasteiger partial charge in [-0.15, -0.1) is 5.10 Å². The highest BCUT2D eigenvalue weighted by atomic mass is 32.2. The third-order valence-corrected chi connectivity index (χ3v) is 5.53. The van der Waals surface area contributed by atoms with Crippen LogP contribution in [0.4, 0.5) is 4.79 Å². The van der Waals surface area contributed by atoms with E-state index in [4.69, 9.17) is 9.15 Å². The Bertz CT molecular complexity index is 974. The molecular weight excluding hydrogens is 394 g/mol. The van der Waals surface area contributed by atoms with Crippen LogP contribution in [0, 0.1) is 19.8 Å². The number of carbonyl (C=O) groups is 1. The number of alkyl carbamates (subject to hydrolysis) is 1. The lowest BCUT2D eigenvalue weighted by Crippen LogP contribution is -2.37. The van der Waals surface area contributed by atoms with Gasteiger partial charge in [0.05, 0.1) is 5.75 Å². The molecule has 1 heterocycles. The zero-order valence-corrected chi connectivity index (χ0v) is 18.8. The number of rotatable bonds is 6. The maximum Gasteiger partial charge on any atom is 0.408 e. The smallest absolute Gasteiger partial charge is 0.408 e. The number of hydrogen-bond donors (Lipinski definition) is 1. The Kier molecular flexibility index (Phi) is 6.72. The quantitative estimate of drug-likeness (QED) is 0.750. The predicted octanol–water partition coefficient (Wildman–Crippen LogP) is 3.88. The third kappa shape index (κ3) is 6.28. The van der Waals surface area contributed by atoms with Gasteiger partial charge >= 0.3 is 11.3 Å². The maximum atomic E-state index is 12.8. The van der Waals surface area contributed by atoms with E-state index in [0.29, 0.717) is 5.56 Å². The van der Waals surface area contributed by atoms with Crippen molar-refractivity contribution in [1.29, 1.82) is 0 Å². The summed E-state index contributed by atoms with van der Waals surface area (Å²) in [5.74, 6) is -0.350. The van der Waals surface area contributed by atoms with Crippen LogP contribution in [-0.2, 0) is 20.3 Å². The zero-order valence-electron chi connectivity index (χ0n) is 17.9. The summed E-state index contributed by atoms with van der Waals surface area (Å²) in [6, 6.07) is 4.94. The van der Waals surface area contributed by atoms with Crippen molar-refractivity contribution in [3.8, 4) is 0 Å². The van der Waals surface area contributed by atoms with Crippen molar-refractivity contribution in [3.63, 3.8) is 0 Å². The van der Waals surface area contributed by atoms with Crippen molar-refractivity contribution in [1.82, 2.24) is 15.5 Å². The average Bonchev–Trinajstić information content (AvgIpc) is 3.04. The van der Waals surface area contributed by atoms with E-state index in [2.05, 4.69) is 15.5 Å². The van der Waals surface area contributed by atoms with Crippen molar-refractivity contribution in [2.45, 2.75) is 71.1 Å². The highest BCUT2D eigenvalue weighted by Gasteiger charge is 2.30. The fraction of sp³-hybridized carbons (Fsp3) is 0.550. The van der Waals surface area contributed by atoms with Gasteiger partial charge in [-0.2, -0.15) is 0 Å². The second-order valence-electron chi connectivity index (χ2n) is 8.46. The molecule has 0 aliphatic heterocycles. The first kappa shape index (κ1) is 22.9. The molecule has 1 aromatic carbocycles. The van der Waals surface area contributed by atoms with Gasteiger partial charge in [-0.25, -0.2) is 13.2 Å². The summed E-state index contributed by atoms with van der Waals surface area (Å²) in [6.45, 7) is 12.7. The summed E-state index contributed by atoms with van der Waals surface area (Å²) < 4.78 is 36.3. The molecule has 0 unspecified atom stereocenters. The first-order valence-corrected chi connectivity index (χ1v) is 11.1. The van der Waals surface area contributed by atoms with E-state index in [1.165, 1.54) is 0 Å². The molecule has 0 aliphatic carbocycles. The average molecular weight is 424 g/mol. The number of carbonyl (C=O) groups excluding carboxylic acids is 1. The Morgan fingerprint density at radius 2 is 1.86 bits per heavy atom. The highest BCUT2D eigenvalue weighted by molar-refractivity contribution is 7.90. The Morgan fingerprint density at radius 3 is 2.45 bits per heavy atom. The van der Waals surface area contributed by atoms with E-state index in [1.54, 1.807) is 20.8 Å². The maximum absolute atomic E-state index is 12.8. The first-order chi connectivity index (χ1) is 13.3. The predicted molar refractivity (Wildman–Crippen MR) is 108 cm³/mol. The summed E-state index contributed by atoms with van der Waals surface area (Å²) >= 11 is 0. The van der Waals surface area contributed by atoms with E-state index in [0.717, 1.165) is 11.1 Å². The van der Waals surface area contributed by atoms with Crippen LogP contribution in [0.2, 0.25) is 0 Å². The topological polar surface area (TPSA) is 111 Å². The van der Waals surface area contributed by atoms with E-state index in [-0.39, 0.29) is 17.6 Å². The normalized spacial score (nSPS) is 13.4. The molecule has 1 atom stereocenters. The standard InChI is InChI=1S/C20H29N3O5S/c1-12(2)16(21-18(24)28-20(5,6)7)17-22-23-19(27-17)29(25,26)11-15-10-13(3)8-9-14(15)4/h8-10,12,16H,11H2,1-7H3,(H,21,24)/t16-/m0/s1. The molecule has 8 nitrogen and oxygen atoms in total. The summed E-state index contributed by atoms with van der Waals surface area (Å²) in [5.41, 5.74) is 1.84. The minimum Gasteiger partial charge on any atom is -0.444 e. The first-order valence-electron chi connectivity index (χ1n) is 9.40. The Labute approximate surface area is 172 Å². The van der Waals surface area contributed by atoms with Crippen LogP contribution in [0.3, 0.4) is 0 Å². The van der Waals surface area contributed by atoms with Crippen molar-refractivity contribution < 1.29 is 22.4 Å². The number of sulfone groups is 1. The van der Waals surface area contributed by atoms with Crippen molar-refractivity contribution in [2.75, 3.05) is 0 Å². The van der Waals surface area contributed by atoms with Gasteiger partial charge in [0.2, 0.25) is 15.7 Å². The van der Waals surface area contributed by atoms with Crippen LogP contribution >= 0.6 is 0 Å². The molecule has 0 radical (unpaired) electrons. The second kappa shape index (κ2) is 8.52. The molecule has 0 saturated carbocycles. The zero-order chi connectivity index (χ0) is 22.0. The van der Waals surface area contributed by atoms with Gasteiger partial charge in [0.15, 0.2) is 0 Å². The Morgan fingerprint density at radius 1 is 1.21 bits per heavy atom. The van der Waals surface area contributed by atoms with E-state index < -0.39 is 32.8 Å². The molecule has 1 aromatic heterocycles. The number of hydrogen-bond acceptors (Lipinski definition) is 7. The van der Waals surface area contributed by atoms with Crippen LogP contribution in [0.25, 0.3) is 0 Å². The molecule has 1 N–H and O–H groups in total. The van der Waals surface area contributed by atoms with Gasteiger partial charge in [-0.1, -0.05) is 42.7 Å². The van der Waals surface area contributed by atoms with E-state index in [9.17, 15) is 13.2 Å². The van der Waals surface area contributed by atoms with Crippen molar-refractivity contribution >= 4 is 15.9 Å². The SMILES string of the molecule is Cc1ccc(C)c(CS(=O)(=O)c2nnc([C@@H](NC(=O)OC(C)(C)C)C(C)C)o2)c1. The molecule has 9 heteroatoms. The number of benzene rings is 1. The second-order valence-corrected chi connectivity index (χ2v) is 10.3. The van der Waals surface area contributed by atoms with Gasteiger partial charge in [0.25, 0.3) is 0 Å². The molecule has 160 valence electrons. The molecule has 0 saturated heterocycles. The van der Waals surface area contributed by atoms with E-state index in [1.807, 2.05) is 45.9 Å². The molecule has 0 spiro atoms. The lowest BCUT2D eigenvalue weighted by atomic mass is 10.1. The summed E-state index contributed by atoms with van der Waals surface area (Å²) in [6.07, 6.45) is -0.644. The number of aromatic nitrogens is 2. The molecule has 0 fully saturated rings. The number of ether oxygens (including phenoxy) is 1. The number of aryl methyl sites for hydroxylation is 2. The lowest BCUT2D eigenvalue weighted by Gasteiger charge is -2.23. The summed E-state index contributed by atoms with van der Waals surface area (Å²) in [4.78, 5) is 12.1. The molecule has 2 aromatic rings. The minimum absolute atomic E-state index is 0.0189. The monoisotopic (exact) mass is 423 g/mol. The molecule has 1 amide bonds. The molecule has 2 rings (SSSR count). The summed E-state index contributed by atoms with van der Waals surface area (Å²) in [7, 11) is -3.83. The van der Waals surface area contributed by atoms with E-state index >= 15 is 0 Å². The third-order valence-electron chi connectivity index (χ3n) is 4.14. The van der Waals surface area contributed by atoms with Crippen molar-refractivity contribution in [2.24, 2.45) is 5.92 Å². The molecule has 29 heavy (non-hydrogen) atoms. The van der Waals surface area contributed by atoms with Gasteiger partial charge < -0.3 is 14.5 Å². The molecular formula is C20H29N3O5S. The number of amides is 1. The number of nitrogens with one attached hydrogen (secondary N) is 1. The van der Waals surface area contributed by atoms with Crippen LogP contribution in [0.1, 0.15) is 63.2 Å². The number of nitrogens with zero attached hydrogens (tertiary/aromatic N) is 2. The minimum atomic E-state index is -3.83. The van der Waals surface area contributed by atoms with Crippen LogP contribution < -0.4 is 5.32 Å². The fourth-order valence-corrected chi connectivity index (χ4v) is 3.86. The van der Waals surface area contributed by atoms with Crippen LogP contribution in [0.5, 0.6) is 0 Å². The van der Waals surface area contributed by atoms with Gasteiger partial charge in [0, 0.05) is 0 Å². The Balaban J connectivity index is 2.24. The highest BCUT2D eigenvalue weighted by Crippen LogP contribution is 2.25. The Hall–Kier alpha value is -2.42.